The molecule has 57 heavy (non-hydrogen) atoms. The number of carbonyl (C=O) groups excluding carboxylic acids is 3. The van der Waals surface area contributed by atoms with Crippen molar-refractivity contribution < 1.29 is 23.9 Å². The van der Waals surface area contributed by atoms with Crippen molar-refractivity contribution in [3.63, 3.8) is 0 Å². The fraction of sp³-hybridized carbons (Fsp3) is 0.409. The molecule has 4 N–H and O–H groups in total. The molecule has 2 saturated carbocycles. The molecule has 1 saturated heterocycles. The summed E-state index contributed by atoms with van der Waals surface area (Å²) in [6.07, 6.45) is 10.9. The molecule has 2 bridgehead atoms. The van der Waals surface area contributed by atoms with E-state index >= 15 is 0 Å². The number of hydrogen-bond donors (Lipinski definition) is 4. The number of nitrogens with one attached hydrogen (secondary N) is 4. The van der Waals surface area contributed by atoms with E-state index in [1.807, 2.05) is 31.5 Å². The highest BCUT2D eigenvalue weighted by atomic mass is 16.5. The number of methoxy groups -OCH3 is 2. The number of pyridine rings is 1. The summed E-state index contributed by atoms with van der Waals surface area (Å²) < 4.78 is 10.2. The molecule has 3 aromatic heterocycles. The maximum absolute atomic E-state index is 13.7. The lowest BCUT2D eigenvalue weighted by Crippen LogP contribution is -2.54. The zero-order valence-electron chi connectivity index (χ0n) is 32.8. The van der Waals surface area contributed by atoms with Crippen LogP contribution < -0.4 is 10.6 Å². The van der Waals surface area contributed by atoms with Crippen LogP contribution in [0.4, 0.5) is 4.79 Å². The topological polar surface area (TPSA) is 167 Å². The molecule has 1 aliphatic heterocycles. The van der Waals surface area contributed by atoms with E-state index in [1.54, 1.807) is 24.2 Å². The SMILES string of the molecule is COC(=O)N[C@H](C(=O)N1CCC[C@H]1c1ncc(-c2ccc(-c3ccc(-c4cnc([C@H]5C6CCC(C6)[C@@H]5C(=O)NC(C)c5cccnc5)[nH]4)cc3)cc2)[nH]1)[C@@H](C)OC. The summed E-state index contributed by atoms with van der Waals surface area (Å²) in [4.78, 5) is 61.9. The second kappa shape index (κ2) is 16.3. The first kappa shape index (κ1) is 38.1. The summed E-state index contributed by atoms with van der Waals surface area (Å²) in [7, 11) is 2.77. The van der Waals surface area contributed by atoms with E-state index in [1.165, 1.54) is 14.2 Å². The van der Waals surface area contributed by atoms with E-state index in [0.29, 0.717) is 24.2 Å². The van der Waals surface area contributed by atoms with Crippen molar-refractivity contribution in [1.29, 1.82) is 0 Å². The van der Waals surface area contributed by atoms with E-state index in [-0.39, 0.29) is 35.7 Å². The van der Waals surface area contributed by atoms with Crippen LogP contribution in [0.25, 0.3) is 33.6 Å². The minimum Gasteiger partial charge on any atom is -0.453 e. The van der Waals surface area contributed by atoms with Gasteiger partial charge in [0.2, 0.25) is 11.8 Å². The van der Waals surface area contributed by atoms with E-state index in [9.17, 15) is 14.4 Å². The Labute approximate surface area is 332 Å². The first-order valence-corrected chi connectivity index (χ1v) is 19.9. The summed E-state index contributed by atoms with van der Waals surface area (Å²) in [5, 5.41) is 5.90. The van der Waals surface area contributed by atoms with Gasteiger partial charge in [-0.15, -0.1) is 0 Å². The summed E-state index contributed by atoms with van der Waals surface area (Å²) in [6.45, 7) is 4.31. The van der Waals surface area contributed by atoms with Crippen molar-refractivity contribution in [2.24, 2.45) is 17.8 Å². The molecular weight excluding hydrogens is 721 g/mol. The number of amides is 3. The number of hydrogen-bond acceptors (Lipinski definition) is 8. The Balaban J connectivity index is 0.922. The summed E-state index contributed by atoms with van der Waals surface area (Å²) in [6, 6.07) is 19.4. The maximum Gasteiger partial charge on any atom is 0.407 e. The van der Waals surface area contributed by atoms with Gasteiger partial charge in [0.05, 0.1) is 55.0 Å². The predicted octanol–water partition coefficient (Wildman–Crippen LogP) is 6.96. The third kappa shape index (κ3) is 7.68. The number of H-pyrrole nitrogens is 2. The Morgan fingerprint density at radius 1 is 0.789 bits per heavy atom. The lowest BCUT2D eigenvalue weighted by Gasteiger charge is -2.30. The molecule has 8 rings (SSSR count). The van der Waals surface area contributed by atoms with Gasteiger partial charge in [-0.3, -0.25) is 14.6 Å². The number of imidazole rings is 2. The number of aromatic amines is 2. The van der Waals surface area contributed by atoms with Crippen LogP contribution in [0.1, 0.15) is 81.2 Å². The van der Waals surface area contributed by atoms with E-state index in [2.05, 4.69) is 79.1 Å². The lowest BCUT2D eigenvalue weighted by molar-refractivity contribution is -0.137. The molecule has 4 heterocycles. The van der Waals surface area contributed by atoms with Gasteiger partial charge in [0.25, 0.3) is 0 Å². The van der Waals surface area contributed by atoms with E-state index in [4.69, 9.17) is 14.5 Å². The fourth-order valence-corrected chi connectivity index (χ4v) is 9.27. The largest absolute Gasteiger partial charge is 0.453 e. The summed E-state index contributed by atoms with van der Waals surface area (Å²) in [5.41, 5.74) is 6.98. The van der Waals surface area contributed by atoms with Gasteiger partial charge >= 0.3 is 6.09 Å². The van der Waals surface area contributed by atoms with Crippen LogP contribution in [0.3, 0.4) is 0 Å². The molecule has 13 heteroatoms. The van der Waals surface area contributed by atoms with Crippen LogP contribution >= 0.6 is 0 Å². The normalized spacial score (nSPS) is 22.9. The van der Waals surface area contributed by atoms with Gasteiger partial charge in [-0.05, 0) is 91.7 Å². The molecule has 2 aromatic carbocycles. The number of aromatic nitrogens is 5. The lowest BCUT2D eigenvalue weighted by atomic mass is 9.78. The number of alkyl carbamates (subject to hydrolysis) is 1. The third-order valence-electron chi connectivity index (χ3n) is 12.4. The van der Waals surface area contributed by atoms with Crippen molar-refractivity contribution in [2.75, 3.05) is 20.8 Å². The van der Waals surface area contributed by atoms with Crippen molar-refractivity contribution in [3.05, 3.63) is 103 Å². The smallest absolute Gasteiger partial charge is 0.407 e. The quantitative estimate of drug-likeness (QED) is 0.106. The highest BCUT2D eigenvalue weighted by Gasteiger charge is 2.52. The number of nitrogens with zero attached hydrogens (tertiary/aromatic N) is 4. The number of carbonyl (C=O) groups is 3. The molecule has 296 valence electrons. The molecule has 2 aliphatic carbocycles. The average molecular weight is 771 g/mol. The zero-order valence-corrected chi connectivity index (χ0v) is 32.8. The predicted molar refractivity (Wildman–Crippen MR) is 214 cm³/mol. The van der Waals surface area contributed by atoms with Crippen molar-refractivity contribution >= 4 is 17.9 Å². The van der Waals surface area contributed by atoms with Gasteiger partial charge < -0.3 is 35.0 Å². The van der Waals surface area contributed by atoms with Crippen LogP contribution in [0.15, 0.2) is 85.5 Å². The molecule has 5 aromatic rings. The van der Waals surface area contributed by atoms with Crippen LogP contribution in [0.2, 0.25) is 0 Å². The zero-order chi connectivity index (χ0) is 39.6. The Morgan fingerprint density at radius 3 is 2.05 bits per heavy atom. The van der Waals surface area contributed by atoms with Gasteiger partial charge in [-0.2, -0.15) is 0 Å². The molecule has 0 spiro atoms. The summed E-state index contributed by atoms with van der Waals surface area (Å²) in [5.74, 6) is 2.30. The minimum atomic E-state index is -0.886. The summed E-state index contributed by atoms with van der Waals surface area (Å²) >= 11 is 0. The van der Waals surface area contributed by atoms with Gasteiger partial charge in [0.15, 0.2) is 0 Å². The molecular formula is C44H50N8O5. The molecule has 0 radical (unpaired) electrons. The van der Waals surface area contributed by atoms with Crippen molar-refractivity contribution in [1.82, 2.24) is 40.5 Å². The van der Waals surface area contributed by atoms with Crippen molar-refractivity contribution in [3.8, 4) is 33.6 Å². The van der Waals surface area contributed by atoms with Gasteiger partial charge in [-0.1, -0.05) is 54.6 Å². The molecule has 3 unspecified atom stereocenters. The standard InChI is InChI=1S/C44H50N8O5/c1-25(33-7-5-19-45-22-33)48-42(53)38-32-18-17-31(21-32)37(38)41-47-24-35(50-41)30-15-11-28(12-16-30)27-9-13-29(14-10-27)34-23-46-40(49-34)36-8-6-20-52(36)43(54)39(26(2)56-3)51-44(55)57-4/h5,7,9-16,19,22-26,31-32,36-39H,6,8,17-18,20-21H2,1-4H3,(H,46,49)(H,47,50)(H,48,53)(H,51,55)/t25?,26-,31?,32?,36+,37+,38+,39+/m1/s1. The molecule has 3 aliphatic rings. The maximum atomic E-state index is 13.7. The Kier molecular flexibility index (Phi) is 10.9. The number of fused-ring (bicyclic) bond motifs is 2. The highest BCUT2D eigenvalue weighted by Crippen LogP contribution is 2.56. The van der Waals surface area contributed by atoms with Crippen LogP contribution in [0.5, 0.6) is 0 Å². The Morgan fingerprint density at radius 2 is 1.42 bits per heavy atom. The average Bonchev–Trinajstić information content (AvgIpc) is 4.11. The van der Waals surface area contributed by atoms with Gasteiger partial charge in [0, 0.05) is 32.0 Å². The third-order valence-corrected chi connectivity index (χ3v) is 12.4. The fourth-order valence-electron chi connectivity index (χ4n) is 9.27. The Bertz CT molecular complexity index is 2190. The van der Waals surface area contributed by atoms with Gasteiger partial charge in [0.1, 0.15) is 17.7 Å². The number of benzene rings is 2. The minimum absolute atomic E-state index is 0.0781. The monoisotopic (exact) mass is 770 g/mol. The highest BCUT2D eigenvalue weighted by molar-refractivity contribution is 5.87. The molecule has 3 amide bonds. The van der Waals surface area contributed by atoms with E-state index < -0.39 is 18.2 Å². The van der Waals surface area contributed by atoms with Crippen molar-refractivity contribution in [2.45, 2.75) is 76.1 Å². The Hall–Kier alpha value is -5.82. The first-order valence-electron chi connectivity index (χ1n) is 19.9. The second-order valence-electron chi connectivity index (χ2n) is 15.7. The number of likely N-dealkylation sites (tertiary alicyclic amines) is 1. The van der Waals surface area contributed by atoms with Crippen LogP contribution in [0, 0.1) is 17.8 Å². The molecule has 3 fully saturated rings. The van der Waals surface area contributed by atoms with Gasteiger partial charge in [-0.25, -0.2) is 14.8 Å². The number of ether oxygens (including phenoxy) is 2. The number of rotatable bonds is 12. The van der Waals surface area contributed by atoms with E-state index in [0.717, 1.165) is 77.1 Å². The molecule has 13 nitrogen and oxygen atoms in total. The molecule has 8 atom stereocenters. The first-order chi connectivity index (χ1) is 27.7. The van der Waals surface area contributed by atoms with Crippen LogP contribution in [-0.4, -0.2) is 80.6 Å². The van der Waals surface area contributed by atoms with Crippen LogP contribution in [-0.2, 0) is 19.1 Å². The second-order valence-corrected chi connectivity index (χ2v) is 15.7.